The number of methoxy groups -OCH3 is 1. The normalized spacial score (nSPS) is 11.3. The van der Waals surface area contributed by atoms with Crippen LogP contribution in [0.4, 0.5) is 0 Å². The minimum absolute atomic E-state index is 0.391. The standard InChI is InChI=1S/C25H22O2Si/c1-21(20-25(26)27-2)18-19-28(22-12-6-3-7-13-22,23-14-8-4-9-15-23)24-16-10-5-11-17-24/h3-17,20H,1-2H3/b21-20+. The number of esters is 1. The average Bonchev–Trinajstić information content (AvgIpc) is 2.76. The molecule has 0 unspecified atom stereocenters. The largest absolute Gasteiger partial charge is 0.466 e. The summed E-state index contributed by atoms with van der Waals surface area (Å²) in [7, 11) is -1.23. The van der Waals surface area contributed by atoms with Crippen molar-refractivity contribution < 1.29 is 9.53 Å². The molecular weight excluding hydrogens is 360 g/mol. The quantitative estimate of drug-likeness (QED) is 0.228. The molecule has 28 heavy (non-hydrogen) atoms. The zero-order valence-corrected chi connectivity index (χ0v) is 17.1. The Balaban J connectivity index is 2.30. The van der Waals surface area contributed by atoms with E-state index in [1.165, 1.54) is 28.7 Å². The van der Waals surface area contributed by atoms with Gasteiger partial charge in [0.15, 0.2) is 0 Å². The van der Waals surface area contributed by atoms with E-state index in [2.05, 4.69) is 84.3 Å². The van der Waals surface area contributed by atoms with Crippen LogP contribution in [0.25, 0.3) is 0 Å². The van der Waals surface area contributed by atoms with Gasteiger partial charge >= 0.3 is 5.97 Å². The summed E-state index contributed by atoms with van der Waals surface area (Å²) in [6, 6.07) is 31.3. The van der Waals surface area contributed by atoms with Crippen LogP contribution in [0.3, 0.4) is 0 Å². The molecule has 0 spiro atoms. The highest BCUT2D eigenvalue weighted by atomic mass is 28.3. The number of carbonyl (C=O) groups excluding carboxylic acids is 1. The molecule has 3 heteroatoms. The summed E-state index contributed by atoms with van der Waals surface area (Å²) in [5.74, 6) is 2.87. The van der Waals surface area contributed by atoms with Gasteiger partial charge in [-0.2, -0.15) is 0 Å². The Morgan fingerprint density at radius 2 is 1.18 bits per heavy atom. The van der Waals surface area contributed by atoms with Crippen molar-refractivity contribution >= 4 is 29.6 Å². The van der Waals surface area contributed by atoms with Gasteiger partial charge in [0, 0.05) is 11.6 Å². The van der Waals surface area contributed by atoms with E-state index >= 15 is 0 Å². The highest BCUT2D eigenvalue weighted by Gasteiger charge is 2.38. The molecule has 0 radical (unpaired) electrons. The lowest BCUT2D eigenvalue weighted by Gasteiger charge is -2.28. The second kappa shape index (κ2) is 9.03. The number of ether oxygens (including phenoxy) is 1. The molecule has 0 aliphatic rings. The van der Waals surface area contributed by atoms with Gasteiger partial charge in [-0.25, -0.2) is 4.79 Å². The van der Waals surface area contributed by atoms with E-state index in [9.17, 15) is 4.79 Å². The summed E-state index contributed by atoms with van der Waals surface area (Å²) >= 11 is 0. The smallest absolute Gasteiger partial charge is 0.331 e. The van der Waals surface area contributed by atoms with Crippen LogP contribution in [0.15, 0.2) is 103 Å². The number of carbonyl (C=O) groups is 1. The predicted molar refractivity (Wildman–Crippen MR) is 118 cm³/mol. The molecule has 0 N–H and O–H groups in total. The van der Waals surface area contributed by atoms with Gasteiger partial charge in [-0.1, -0.05) is 96.9 Å². The molecule has 0 aliphatic carbocycles. The zero-order chi connectivity index (χ0) is 19.8. The summed E-state index contributed by atoms with van der Waals surface area (Å²) in [6.07, 6.45) is 1.44. The molecule has 3 aromatic rings. The first kappa shape index (κ1) is 19.4. The van der Waals surface area contributed by atoms with Gasteiger partial charge in [-0.05, 0) is 22.5 Å². The van der Waals surface area contributed by atoms with Crippen molar-refractivity contribution in [3.8, 4) is 11.5 Å². The first-order valence-corrected chi connectivity index (χ1v) is 11.1. The van der Waals surface area contributed by atoms with Crippen molar-refractivity contribution in [3.05, 3.63) is 103 Å². The van der Waals surface area contributed by atoms with Crippen LogP contribution in [-0.4, -0.2) is 21.2 Å². The number of hydrogen-bond acceptors (Lipinski definition) is 2. The highest BCUT2D eigenvalue weighted by molar-refractivity contribution is 7.16. The maximum atomic E-state index is 11.6. The van der Waals surface area contributed by atoms with Crippen LogP contribution in [0, 0.1) is 11.5 Å². The number of allylic oxidation sites excluding steroid dienone is 1. The lowest BCUT2D eigenvalue weighted by atomic mass is 10.3. The second-order valence-electron chi connectivity index (χ2n) is 6.45. The fraction of sp³-hybridized carbons (Fsp3) is 0.0800. The number of hydrogen-bond donors (Lipinski definition) is 0. The second-order valence-corrected chi connectivity index (χ2v) is 9.93. The van der Waals surface area contributed by atoms with Crippen molar-refractivity contribution in [2.24, 2.45) is 0 Å². The van der Waals surface area contributed by atoms with Crippen LogP contribution in [0.1, 0.15) is 6.92 Å². The maximum Gasteiger partial charge on any atom is 0.331 e. The van der Waals surface area contributed by atoms with E-state index in [1.807, 2.05) is 25.1 Å². The summed E-state index contributed by atoms with van der Waals surface area (Å²) < 4.78 is 4.73. The average molecular weight is 383 g/mol. The van der Waals surface area contributed by atoms with E-state index < -0.39 is 14.0 Å². The maximum absolute atomic E-state index is 11.6. The Hall–Kier alpha value is -3.35. The van der Waals surface area contributed by atoms with Crippen LogP contribution in [-0.2, 0) is 9.53 Å². The van der Waals surface area contributed by atoms with Crippen LogP contribution in [0.2, 0.25) is 0 Å². The van der Waals surface area contributed by atoms with Crippen molar-refractivity contribution in [2.45, 2.75) is 6.92 Å². The van der Waals surface area contributed by atoms with E-state index in [0.717, 1.165) is 0 Å². The monoisotopic (exact) mass is 382 g/mol. The molecule has 3 aromatic carbocycles. The molecule has 0 atom stereocenters. The van der Waals surface area contributed by atoms with E-state index in [-0.39, 0.29) is 0 Å². The van der Waals surface area contributed by atoms with Gasteiger partial charge in [-0.3, -0.25) is 0 Å². The Morgan fingerprint density at radius 1 is 0.786 bits per heavy atom. The van der Waals surface area contributed by atoms with Gasteiger partial charge in [0.05, 0.1) is 7.11 Å². The summed E-state index contributed by atoms with van der Waals surface area (Å²) in [5.41, 5.74) is 4.31. The van der Waals surface area contributed by atoms with Gasteiger partial charge in [0.2, 0.25) is 8.07 Å². The molecule has 0 saturated carbocycles. The van der Waals surface area contributed by atoms with Crippen LogP contribution in [0.5, 0.6) is 0 Å². The van der Waals surface area contributed by atoms with Gasteiger partial charge in [0.25, 0.3) is 0 Å². The molecule has 0 fully saturated rings. The van der Waals surface area contributed by atoms with Crippen molar-refractivity contribution in [3.63, 3.8) is 0 Å². The Kier molecular flexibility index (Phi) is 6.26. The third-order valence-corrected chi connectivity index (χ3v) is 8.70. The van der Waals surface area contributed by atoms with Gasteiger partial charge < -0.3 is 4.74 Å². The molecule has 0 saturated heterocycles. The van der Waals surface area contributed by atoms with Crippen LogP contribution >= 0.6 is 0 Å². The highest BCUT2D eigenvalue weighted by Crippen LogP contribution is 2.08. The summed E-state index contributed by atoms with van der Waals surface area (Å²) in [4.78, 5) is 11.6. The molecule has 138 valence electrons. The topological polar surface area (TPSA) is 26.3 Å². The van der Waals surface area contributed by atoms with Gasteiger partial charge in [-0.15, -0.1) is 5.54 Å². The predicted octanol–water partition coefficient (Wildman–Crippen LogP) is 2.82. The molecular formula is C25H22O2Si. The molecule has 2 nitrogen and oxygen atoms in total. The molecule has 3 rings (SSSR count). The fourth-order valence-corrected chi connectivity index (χ4v) is 7.14. The first-order valence-electron chi connectivity index (χ1n) is 9.13. The van der Waals surface area contributed by atoms with Crippen molar-refractivity contribution in [1.29, 1.82) is 0 Å². The Morgan fingerprint density at radius 3 is 1.54 bits per heavy atom. The molecule has 0 bridgehead atoms. The summed E-state index contributed by atoms with van der Waals surface area (Å²) in [5, 5.41) is 3.64. The third-order valence-electron chi connectivity index (χ3n) is 4.60. The molecule has 0 heterocycles. The van der Waals surface area contributed by atoms with E-state index in [1.54, 1.807) is 0 Å². The van der Waals surface area contributed by atoms with E-state index in [0.29, 0.717) is 5.57 Å². The van der Waals surface area contributed by atoms with E-state index in [4.69, 9.17) is 4.74 Å². The SMILES string of the molecule is COC(=O)/C=C(\C)C#C[Si](c1ccccc1)(c1ccccc1)c1ccccc1. The van der Waals surface area contributed by atoms with Gasteiger partial charge in [0.1, 0.15) is 0 Å². The number of rotatable bonds is 4. The minimum Gasteiger partial charge on any atom is -0.466 e. The molecule has 0 amide bonds. The lowest BCUT2D eigenvalue weighted by molar-refractivity contribution is -0.134. The number of benzene rings is 3. The lowest BCUT2D eigenvalue weighted by Crippen LogP contribution is -2.66. The molecule has 0 aromatic heterocycles. The van der Waals surface area contributed by atoms with Crippen LogP contribution < -0.4 is 15.6 Å². The zero-order valence-electron chi connectivity index (χ0n) is 16.1. The fourth-order valence-electron chi connectivity index (χ4n) is 3.25. The molecule has 0 aliphatic heterocycles. The first-order chi connectivity index (χ1) is 13.7. The van der Waals surface area contributed by atoms with Crippen molar-refractivity contribution in [2.75, 3.05) is 7.11 Å². The van der Waals surface area contributed by atoms with Crippen molar-refractivity contribution in [1.82, 2.24) is 0 Å². The minimum atomic E-state index is -2.60. The third kappa shape index (κ3) is 4.14. The Labute approximate surface area is 167 Å². The summed E-state index contributed by atoms with van der Waals surface area (Å²) in [6.45, 7) is 1.84. The Bertz CT molecular complexity index is 917.